The number of hydrogen-bond acceptors (Lipinski definition) is 1. The van der Waals surface area contributed by atoms with Crippen LogP contribution in [0.4, 0.5) is 0 Å². The lowest BCUT2D eigenvalue weighted by Crippen LogP contribution is -1.98. The summed E-state index contributed by atoms with van der Waals surface area (Å²) >= 11 is 0. The maximum absolute atomic E-state index is 10.7. The van der Waals surface area contributed by atoms with Crippen molar-refractivity contribution in [1.29, 1.82) is 0 Å². The summed E-state index contributed by atoms with van der Waals surface area (Å²) in [7, 11) is 0. The average molecular weight is 268 g/mol. The summed E-state index contributed by atoms with van der Waals surface area (Å²) in [5.41, 5.74) is 7.23. The van der Waals surface area contributed by atoms with Crippen LogP contribution in [0.15, 0.2) is 36.4 Å². The van der Waals surface area contributed by atoms with E-state index >= 15 is 0 Å². The average Bonchev–Trinajstić information content (AvgIpc) is 2.38. The van der Waals surface area contributed by atoms with Gasteiger partial charge in [-0.05, 0) is 55.0 Å². The van der Waals surface area contributed by atoms with E-state index in [1.807, 2.05) is 6.07 Å². The van der Waals surface area contributed by atoms with Gasteiger partial charge in [0.25, 0.3) is 0 Å². The lowest BCUT2D eigenvalue weighted by molar-refractivity contribution is -0.136. The number of aliphatic carboxylic acids is 1. The summed E-state index contributed by atoms with van der Waals surface area (Å²) in [4.78, 5) is 10.7. The first-order valence-electron chi connectivity index (χ1n) is 6.86. The Hall–Kier alpha value is -2.09. The first-order valence-corrected chi connectivity index (χ1v) is 6.86. The van der Waals surface area contributed by atoms with E-state index in [1.165, 1.54) is 27.8 Å². The van der Waals surface area contributed by atoms with Crippen molar-refractivity contribution in [3.63, 3.8) is 0 Å². The number of benzene rings is 2. The second kappa shape index (κ2) is 5.91. The Kier molecular flexibility index (Phi) is 4.23. The zero-order chi connectivity index (χ0) is 14.7. The van der Waals surface area contributed by atoms with Gasteiger partial charge in [-0.15, -0.1) is 0 Å². The molecular weight excluding hydrogens is 248 g/mol. The van der Waals surface area contributed by atoms with Gasteiger partial charge in [0.15, 0.2) is 0 Å². The highest BCUT2D eigenvalue weighted by molar-refractivity contribution is 5.72. The van der Waals surface area contributed by atoms with E-state index in [9.17, 15) is 4.79 Å². The fourth-order valence-corrected chi connectivity index (χ4v) is 2.48. The fraction of sp³-hybridized carbons (Fsp3) is 0.278. The van der Waals surface area contributed by atoms with Gasteiger partial charge in [-0.2, -0.15) is 0 Å². The number of carboxylic acids is 1. The van der Waals surface area contributed by atoms with Crippen LogP contribution >= 0.6 is 0 Å². The van der Waals surface area contributed by atoms with E-state index in [4.69, 9.17) is 5.11 Å². The Labute approximate surface area is 120 Å². The normalized spacial score (nSPS) is 10.6. The van der Waals surface area contributed by atoms with Crippen LogP contribution in [0.25, 0.3) is 11.1 Å². The van der Waals surface area contributed by atoms with Crippen LogP contribution in [0.5, 0.6) is 0 Å². The highest BCUT2D eigenvalue weighted by atomic mass is 16.4. The number of hydrogen-bond donors (Lipinski definition) is 1. The third-order valence-corrected chi connectivity index (χ3v) is 3.60. The Morgan fingerprint density at radius 2 is 1.70 bits per heavy atom. The van der Waals surface area contributed by atoms with Crippen LogP contribution in [0.1, 0.15) is 28.7 Å². The Morgan fingerprint density at radius 3 is 2.35 bits per heavy atom. The van der Waals surface area contributed by atoms with Crippen molar-refractivity contribution < 1.29 is 9.90 Å². The van der Waals surface area contributed by atoms with Crippen molar-refractivity contribution in [1.82, 2.24) is 0 Å². The molecule has 0 amide bonds. The molecule has 2 rings (SSSR count). The molecule has 1 N–H and O–H groups in total. The molecule has 0 aliphatic carbocycles. The number of carboxylic acid groups (broad SMARTS) is 1. The van der Waals surface area contributed by atoms with Crippen molar-refractivity contribution in [2.24, 2.45) is 0 Å². The minimum atomic E-state index is -0.751. The molecule has 0 aliphatic rings. The zero-order valence-corrected chi connectivity index (χ0v) is 12.2. The van der Waals surface area contributed by atoms with Crippen LogP contribution in [-0.4, -0.2) is 11.1 Å². The second-order valence-corrected chi connectivity index (χ2v) is 5.36. The van der Waals surface area contributed by atoms with Gasteiger partial charge in [-0.25, -0.2) is 0 Å². The molecule has 0 spiro atoms. The SMILES string of the molecule is Cc1ccc(-c2cc(CCC(=O)O)ccc2C)c(C)c1. The van der Waals surface area contributed by atoms with Crippen LogP contribution in [0.3, 0.4) is 0 Å². The summed E-state index contributed by atoms with van der Waals surface area (Å²) in [6, 6.07) is 12.7. The lowest BCUT2D eigenvalue weighted by Gasteiger charge is -2.12. The molecule has 0 fully saturated rings. The van der Waals surface area contributed by atoms with Gasteiger partial charge >= 0.3 is 5.97 Å². The van der Waals surface area contributed by atoms with Crippen LogP contribution in [0.2, 0.25) is 0 Å². The molecule has 0 heterocycles. The van der Waals surface area contributed by atoms with Crippen molar-refractivity contribution in [2.45, 2.75) is 33.6 Å². The fourth-order valence-electron chi connectivity index (χ4n) is 2.48. The molecule has 0 radical (unpaired) electrons. The maximum Gasteiger partial charge on any atom is 0.303 e. The van der Waals surface area contributed by atoms with Gasteiger partial charge in [0.1, 0.15) is 0 Å². The van der Waals surface area contributed by atoms with E-state index in [1.54, 1.807) is 0 Å². The number of aryl methyl sites for hydroxylation is 4. The molecule has 0 unspecified atom stereocenters. The summed E-state index contributed by atoms with van der Waals surface area (Å²) < 4.78 is 0. The Balaban J connectivity index is 2.39. The zero-order valence-electron chi connectivity index (χ0n) is 12.2. The third kappa shape index (κ3) is 3.27. The predicted octanol–water partition coefficient (Wildman–Crippen LogP) is 4.30. The summed E-state index contributed by atoms with van der Waals surface area (Å²) in [5.74, 6) is -0.751. The Morgan fingerprint density at radius 1 is 0.950 bits per heavy atom. The van der Waals surface area contributed by atoms with Crippen molar-refractivity contribution in [3.05, 3.63) is 58.7 Å². The lowest BCUT2D eigenvalue weighted by atomic mass is 9.93. The minimum Gasteiger partial charge on any atom is -0.481 e. The molecule has 2 heteroatoms. The molecule has 0 saturated carbocycles. The maximum atomic E-state index is 10.7. The molecule has 0 atom stereocenters. The largest absolute Gasteiger partial charge is 0.481 e. The highest BCUT2D eigenvalue weighted by Gasteiger charge is 2.07. The van der Waals surface area contributed by atoms with Crippen molar-refractivity contribution in [2.75, 3.05) is 0 Å². The van der Waals surface area contributed by atoms with Gasteiger partial charge in [0.2, 0.25) is 0 Å². The monoisotopic (exact) mass is 268 g/mol. The summed E-state index contributed by atoms with van der Waals surface area (Å²) in [5, 5.41) is 8.79. The quantitative estimate of drug-likeness (QED) is 0.897. The molecule has 2 aromatic carbocycles. The topological polar surface area (TPSA) is 37.3 Å². The molecule has 2 nitrogen and oxygen atoms in total. The molecular formula is C18H20O2. The molecule has 0 aromatic heterocycles. The van der Waals surface area contributed by atoms with Crippen LogP contribution in [0, 0.1) is 20.8 Å². The van der Waals surface area contributed by atoms with E-state index in [0.717, 1.165) is 5.56 Å². The van der Waals surface area contributed by atoms with Gasteiger partial charge in [-0.3, -0.25) is 4.79 Å². The van der Waals surface area contributed by atoms with Crippen molar-refractivity contribution >= 4 is 5.97 Å². The van der Waals surface area contributed by atoms with Gasteiger partial charge in [0, 0.05) is 6.42 Å². The van der Waals surface area contributed by atoms with Gasteiger partial charge in [0.05, 0.1) is 0 Å². The number of carbonyl (C=O) groups is 1. The van der Waals surface area contributed by atoms with Crippen molar-refractivity contribution in [3.8, 4) is 11.1 Å². The number of rotatable bonds is 4. The molecule has 0 saturated heterocycles. The van der Waals surface area contributed by atoms with Gasteiger partial charge < -0.3 is 5.11 Å². The van der Waals surface area contributed by atoms with E-state index in [0.29, 0.717) is 6.42 Å². The summed E-state index contributed by atoms with van der Waals surface area (Å²) in [6.45, 7) is 6.30. The highest BCUT2D eigenvalue weighted by Crippen LogP contribution is 2.28. The molecule has 20 heavy (non-hydrogen) atoms. The van der Waals surface area contributed by atoms with Crippen LogP contribution < -0.4 is 0 Å². The molecule has 104 valence electrons. The minimum absolute atomic E-state index is 0.176. The molecule has 0 aliphatic heterocycles. The predicted molar refractivity (Wildman–Crippen MR) is 82.0 cm³/mol. The first kappa shape index (κ1) is 14.3. The van der Waals surface area contributed by atoms with E-state index < -0.39 is 5.97 Å². The first-order chi connectivity index (χ1) is 9.47. The standard InChI is InChI=1S/C18H20O2/c1-12-4-8-16(14(3)10-12)17-11-15(6-5-13(17)2)7-9-18(19)20/h4-6,8,10-11H,7,9H2,1-3H3,(H,19,20). The third-order valence-electron chi connectivity index (χ3n) is 3.60. The van der Waals surface area contributed by atoms with Crippen LogP contribution in [-0.2, 0) is 11.2 Å². The molecule has 2 aromatic rings. The second-order valence-electron chi connectivity index (χ2n) is 5.36. The Bertz CT molecular complexity index is 642. The van der Waals surface area contributed by atoms with E-state index in [-0.39, 0.29) is 6.42 Å². The molecule has 0 bridgehead atoms. The summed E-state index contributed by atoms with van der Waals surface area (Å²) in [6.07, 6.45) is 0.753. The smallest absolute Gasteiger partial charge is 0.303 e. The van der Waals surface area contributed by atoms with E-state index in [2.05, 4.69) is 51.1 Å². The van der Waals surface area contributed by atoms with Gasteiger partial charge in [-0.1, -0.05) is 42.0 Å².